The fourth-order valence-electron chi connectivity index (χ4n) is 4.21. The second kappa shape index (κ2) is 6.38. The molecular weight excluding hydrogens is 402 g/mol. The van der Waals surface area contributed by atoms with Gasteiger partial charge < -0.3 is 14.2 Å². The molecule has 0 aromatic heterocycles. The molecule has 12 heteroatoms. The predicted octanol–water partition coefficient (Wildman–Crippen LogP) is 2.32. The van der Waals surface area contributed by atoms with E-state index < -0.39 is 72.2 Å². The van der Waals surface area contributed by atoms with Gasteiger partial charge in [-0.15, -0.1) is 0 Å². The Labute approximate surface area is 153 Å². The van der Waals surface area contributed by atoms with E-state index in [9.17, 15) is 40.7 Å². The Hall–Kier alpha value is -2.27. The van der Waals surface area contributed by atoms with Crippen molar-refractivity contribution in [1.29, 1.82) is 0 Å². The smallest absolute Gasteiger partial charge is 0.434 e. The molecule has 0 N–H and O–H groups in total. The van der Waals surface area contributed by atoms with Crippen LogP contribution in [0.1, 0.15) is 13.3 Å². The first-order chi connectivity index (χ1) is 12.7. The molecule has 0 aromatic rings. The standard InChI is InChI=1S/C16H14F6O6/c1-4(2)11(23)26-9-6-3-5-7(12(24)27-10(5)9)8(6)13(25)28-14(15(17,18)19)16(20,21)22/h5-10,14H,1,3H2,2H3. The number of ether oxygens (including phenoxy) is 3. The van der Waals surface area contributed by atoms with E-state index in [0.717, 1.165) is 0 Å². The summed E-state index contributed by atoms with van der Waals surface area (Å²) in [4.78, 5) is 36.0. The highest BCUT2D eigenvalue weighted by Crippen LogP contribution is 2.59. The van der Waals surface area contributed by atoms with Crippen molar-refractivity contribution in [2.24, 2.45) is 23.7 Å². The molecule has 0 aromatic carbocycles. The van der Waals surface area contributed by atoms with Crippen LogP contribution in [0, 0.1) is 23.7 Å². The maximum absolute atomic E-state index is 12.7. The van der Waals surface area contributed by atoms with E-state index in [1.54, 1.807) is 0 Å². The van der Waals surface area contributed by atoms with E-state index in [-0.39, 0.29) is 12.0 Å². The Bertz CT molecular complexity index is 714. The van der Waals surface area contributed by atoms with Crippen molar-refractivity contribution < 1.29 is 54.9 Å². The lowest BCUT2D eigenvalue weighted by Gasteiger charge is -2.31. The molecule has 0 spiro atoms. The quantitative estimate of drug-likeness (QED) is 0.303. The highest BCUT2D eigenvalue weighted by atomic mass is 19.4. The maximum atomic E-state index is 12.7. The Morgan fingerprint density at radius 2 is 1.71 bits per heavy atom. The Morgan fingerprint density at radius 1 is 1.14 bits per heavy atom. The van der Waals surface area contributed by atoms with Crippen LogP contribution < -0.4 is 0 Å². The molecule has 2 aliphatic carbocycles. The van der Waals surface area contributed by atoms with Gasteiger partial charge in [-0.1, -0.05) is 6.58 Å². The van der Waals surface area contributed by atoms with Crippen molar-refractivity contribution in [3.63, 3.8) is 0 Å². The van der Waals surface area contributed by atoms with Crippen LogP contribution in [0.5, 0.6) is 0 Å². The average Bonchev–Trinajstić information content (AvgIpc) is 3.13. The van der Waals surface area contributed by atoms with Crippen LogP contribution in [0.4, 0.5) is 26.3 Å². The van der Waals surface area contributed by atoms with Crippen molar-refractivity contribution in [2.75, 3.05) is 0 Å². The summed E-state index contributed by atoms with van der Waals surface area (Å²) >= 11 is 0. The number of hydrogen-bond acceptors (Lipinski definition) is 6. The minimum Gasteiger partial charge on any atom is -0.458 e. The first-order valence-corrected chi connectivity index (χ1v) is 8.14. The maximum Gasteiger partial charge on any atom is 0.434 e. The van der Waals surface area contributed by atoms with Gasteiger partial charge >= 0.3 is 30.3 Å². The molecule has 2 saturated carbocycles. The summed E-state index contributed by atoms with van der Waals surface area (Å²) in [6.07, 6.45) is -18.1. The van der Waals surface area contributed by atoms with Gasteiger partial charge in [0.2, 0.25) is 0 Å². The molecule has 1 saturated heterocycles. The van der Waals surface area contributed by atoms with Crippen LogP contribution in [-0.4, -0.2) is 48.6 Å². The summed E-state index contributed by atoms with van der Waals surface area (Å²) in [5, 5.41) is 0. The largest absolute Gasteiger partial charge is 0.458 e. The highest BCUT2D eigenvalue weighted by molar-refractivity contribution is 5.88. The van der Waals surface area contributed by atoms with E-state index in [0.29, 0.717) is 0 Å². The third-order valence-corrected chi connectivity index (χ3v) is 5.24. The number of esters is 3. The molecular formula is C16H14F6O6. The molecule has 6 unspecified atom stereocenters. The van der Waals surface area contributed by atoms with Crippen LogP contribution in [0.2, 0.25) is 0 Å². The molecule has 1 aliphatic heterocycles. The molecule has 1 heterocycles. The molecule has 0 radical (unpaired) electrons. The molecule has 2 bridgehead atoms. The predicted molar refractivity (Wildman–Crippen MR) is 75.1 cm³/mol. The monoisotopic (exact) mass is 416 g/mol. The molecule has 3 aliphatic rings. The molecule has 6 atom stereocenters. The van der Waals surface area contributed by atoms with Crippen molar-refractivity contribution in [2.45, 2.75) is 44.0 Å². The van der Waals surface area contributed by atoms with Gasteiger partial charge in [0, 0.05) is 17.4 Å². The lowest BCUT2D eigenvalue weighted by Crippen LogP contribution is -2.49. The lowest BCUT2D eigenvalue weighted by molar-refractivity contribution is -0.315. The Morgan fingerprint density at radius 3 is 2.21 bits per heavy atom. The number of hydrogen-bond donors (Lipinski definition) is 0. The summed E-state index contributed by atoms with van der Waals surface area (Å²) in [6.45, 7) is 4.68. The van der Waals surface area contributed by atoms with Gasteiger partial charge in [0.1, 0.15) is 12.2 Å². The van der Waals surface area contributed by atoms with Crippen molar-refractivity contribution in [1.82, 2.24) is 0 Å². The molecule has 3 rings (SSSR count). The normalized spacial score (nSPS) is 33.8. The van der Waals surface area contributed by atoms with Crippen molar-refractivity contribution in [3.8, 4) is 0 Å². The van der Waals surface area contributed by atoms with E-state index in [4.69, 9.17) is 9.47 Å². The molecule has 6 nitrogen and oxygen atoms in total. The number of fused-ring (bicyclic) bond motifs is 1. The van der Waals surface area contributed by atoms with Gasteiger partial charge in [-0.05, 0) is 13.3 Å². The topological polar surface area (TPSA) is 78.9 Å². The first kappa shape index (κ1) is 20.5. The van der Waals surface area contributed by atoms with E-state index >= 15 is 0 Å². The van der Waals surface area contributed by atoms with E-state index in [2.05, 4.69) is 11.3 Å². The van der Waals surface area contributed by atoms with Gasteiger partial charge in [0.15, 0.2) is 0 Å². The zero-order valence-corrected chi connectivity index (χ0v) is 14.2. The molecule has 28 heavy (non-hydrogen) atoms. The number of carbonyl (C=O) groups is 3. The van der Waals surface area contributed by atoms with Gasteiger partial charge in [0.25, 0.3) is 6.10 Å². The minimum absolute atomic E-state index is 0.0167. The van der Waals surface area contributed by atoms with Gasteiger partial charge in [-0.3, -0.25) is 9.59 Å². The van der Waals surface area contributed by atoms with Crippen LogP contribution in [0.15, 0.2) is 12.2 Å². The summed E-state index contributed by atoms with van der Waals surface area (Å²) in [5.41, 5.74) is -0.0167. The summed E-state index contributed by atoms with van der Waals surface area (Å²) in [6, 6.07) is 0. The van der Waals surface area contributed by atoms with E-state index in [1.165, 1.54) is 6.92 Å². The average molecular weight is 416 g/mol. The second-order valence-corrected chi connectivity index (χ2v) is 7.07. The number of halogens is 6. The number of carbonyl (C=O) groups excluding carboxylic acids is 3. The third-order valence-electron chi connectivity index (χ3n) is 5.24. The Kier molecular flexibility index (Phi) is 4.66. The van der Waals surface area contributed by atoms with Crippen LogP contribution >= 0.6 is 0 Å². The second-order valence-electron chi connectivity index (χ2n) is 7.07. The van der Waals surface area contributed by atoms with Gasteiger partial charge in [0.05, 0.1) is 11.8 Å². The van der Waals surface area contributed by atoms with Crippen molar-refractivity contribution in [3.05, 3.63) is 12.2 Å². The fraction of sp³-hybridized carbons (Fsp3) is 0.688. The zero-order valence-electron chi connectivity index (χ0n) is 14.2. The first-order valence-electron chi connectivity index (χ1n) is 8.14. The molecule has 3 fully saturated rings. The van der Waals surface area contributed by atoms with Crippen LogP contribution in [0.25, 0.3) is 0 Å². The number of rotatable bonds is 4. The van der Waals surface area contributed by atoms with Gasteiger partial charge in [-0.2, -0.15) is 26.3 Å². The van der Waals surface area contributed by atoms with Gasteiger partial charge in [-0.25, -0.2) is 4.79 Å². The summed E-state index contributed by atoms with van der Waals surface area (Å²) in [5.74, 6) is -8.17. The van der Waals surface area contributed by atoms with Crippen molar-refractivity contribution >= 4 is 17.9 Å². The molecule has 0 amide bonds. The lowest BCUT2D eigenvalue weighted by atomic mass is 9.78. The van der Waals surface area contributed by atoms with Crippen LogP contribution in [-0.2, 0) is 28.6 Å². The zero-order chi connectivity index (χ0) is 21.2. The third kappa shape index (κ3) is 3.22. The fourth-order valence-corrected chi connectivity index (χ4v) is 4.21. The van der Waals surface area contributed by atoms with E-state index in [1.807, 2.05) is 0 Å². The molecule has 156 valence electrons. The minimum atomic E-state index is -5.88. The number of alkyl halides is 6. The highest BCUT2D eigenvalue weighted by Gasteiger charge is 2.71. The van der Waals surface area contributed by atoms with Crippen LogP contribution in [0.3, 0.4) is 0 Å². The summed E-state index contributed by atoms with van der Waals surface area (Å²) < 4.78 is 90.1. The summed E-state index contributed by atoms with van der Waals surface area (Å²) in [7, 11) is 0. The Balaban J connectivity index is 1.85. The SMILES string of the molecule is C=C(C)C(=O)OC1C2CC3C1OC(=O)C3C2C(=O)OC(C(F)(F)F)C(F)(F)F.